The van der Waals surface area contributed by atoms with Crippen LogP contribution in [0.2, 0.25) is 0 Å². The summed E-state index contributed by atoms with van der Waals surface area (Å²) in [6.45, 7) is 6.63. The van der Waals surface area contributed by atoms with Crippen LogP contribution >= 0.6 is 0 Å². The topological polar surface area (TPSA) is 59.1 Å². The Morgan fingerprint density at radius 1 is 0.931 bits per heavy atom. The van der Waals surface area contributed by atoms with Gasteiger partial charge in [-0.3, -0.25) is 14.6 Å². The van der Waals surface area contributed by atoms with Gasteiger partial charge < -0.3 is 15.3 Å². The van der Waals surface area contributed by atoms with E-state index in [1.54, 1.807) is 6.07 Å². The summed E-state index contributed by atoms with van der Waals surface area (Å²) in [5, 5.41) is 13.2. The Morgan fingerprint density at radius 3 is 2.41 bits per heavy atom. The number of nitrogens with zero attached hydrogens (tertiary/aromatic N) is 3. The van der Waals surface area contributed by atoms with Crippen molar-refractivity contribution in [3.63, 3.8) is 0 Å². The van der Waals surface area contributed by atoms with Crippen molar-refractivity contribution in [2.75, 3.05) is 50.7 Å². The molecule has 2 aromatic carbocycles. The molecule has 2 aliphatic heterocycles. The van der Waals surface area contributed by atoms with Gasteiger partial charge in [0.15, 0.2) is 0 Å². The number of para-hydroxylation sites is 2. The van der Waals surface area contributed by atoms with Crippen LogP contribution in [0.15, 0.2) is 54.6 Å². The minimum absolute atomic E-state index is 0.118. The number of anilines is 1. The highest BCUT2D eigenvalue weighted by Gasteiger charge is 2.25. The Labute approximate surface area is 172 Å². The molecule has 29 heavy (non-hydrogen) atoms. The molecule has 2 N–H and O–H groups in total. The molecule has 1 unspecified atom stereocenters. The summed E-state index contributed by atoms with van der Waals surface area (Å²) in [5.41, 5.74) is 2.20. The van der Waals surface area contributed by atoms with Gasteiger partial charge in [0, 0.05) is 51.9 Å². The number of hydrogen-bond acceptors (Lipinski definition) is 5. The van der Waals surface area contributed by atoms with E-state index in [1.165, 1.54) is 5.56 Å². The molecule has 1 atom stereocenters. The smallest absolute Gasteiger partial charge is 0.234 e. The lowest BCUT2D eigenvalue weighted by atomic mass is 10.2. The largest absolute Gasteiger partial charge is 0.506 e. The monoisotopic (exact) mass is 394 g/mol. The molecule has 2 aromatic rings. The third-order valence-corrected chi connectivity index (χ3v) is 5.85. The Bertz CT molecular complexity index is 806. The van der Waals surface area contributed by atoms with Crippen LogP contribution < -0.4 is 10.2 Å². The predicted molar refractivity (Wildman–Crippen MR) is 115 cm³/mol. The summed E-state index contributed by atoms with van der Waals surface area (Å²) >= 11 is 0. The van der Waals surface area contributed by atoms with Crippen molar-refractivity contribution in [1.29, 1.82) is 0 Å². The summed E-state index contributed by atoms with van der Waals surface area (Å²) in [7, 11) is 0. The highest BCUT2D eigenvalue weighted by atomic mass is 16.3. The van der Waals surface area contributed by atoms with Crippen LogP contribution in [0.1, 0.15) is 12.0 Å². The minimum atomic E-state index is 0.118. The Kier molecular flexibility index (Phi) is 6.32. The molecule has 0 saturated carbocycles. The maximum absolute atomic E-state index is 12.5. The number of carbonyl (C=O) groups is 1. The van der Waals surface area contributed by atoms with Gasteiger partial charge in [0.05, 0.1) is 12.2 Å². The number of aromatic hydroxyl groups is 1. The lowest BCUT2D eigenvalue weighted by Crippen LogP contribution is -2.50. The molecule has 6 heteroatoms. The maximum atomic E-state index is 12.5. The van der Waals surface area contributed by atoms with Gasteiger partial charge in [-0.2, -0.15) is 0 Å². The highest BCUT2D eigenvalue weighted by molar-refractivity contribution is 5.78. The second-order valence-electron chi connectivity index (χ2n) is 8.03. The first-order valence-corrected chi connectivity index (χ1v) is 10.5. The average molecular weight is 395 g/mol. The number of phenols is 1. The van der Waals surface area contributed by atoms with Crippen molar-refractivity contribution in [1.82, 2.24) is 15.1 Å². The van der Waals surface area contributed by atoms with Crippen molar-refractivity contribution in [3.8, 4) is 5.75 Å². The van der Waals surface area contributed by atoms with Crippen molar-refractivity contribution >= 4 is 11.6 Å². The molecule has 0 aromatic heterocycles. The number of rotatable bonds is 6. The molecule has 4 rings (SSSR count). The molecule has 2 heterocycles. The number of hydrogen-bond donors (Lipinski definition) is 2. The molecule has 0 aliphatic carbocycles. The summed E-state index contributed by atoms with van der Waals surface area (Å²) in [6, 6.07) is 18.2. The quantitative estimate of drug-likeness (QED) is 0.784. The lowest BCUT2D eigenvalue weighted by molar-refractivity contribution is -0.123. The Hall–Kier alpha value is -2.57. The van der Waals surface area contributed by atoms with E-state index in [0.29, 0.717) is 12.3 Å². The van der Waals surface area contributed by atoms with E-state index in [2.05, 4.69) is 44.3 Å². The van der Waals surface area contributed by atoms with E-state index in [4.69, 9.17) is 0 Å². The third-order valence-electron chi connectivity index (χ3n) is 5.85. The number of piperazine rings is 1. The van der Waals surface area contributed by atoms with E-state index < -0.39 is 0 Å². The maximum Gasteiger partial charge on any atom is 0.234 e. The molecule has 154 valence electrons. The molecule has 0 radical (unpaired) electrons. The second kappa shape index (κ2) is 9.29. The Balaban J connectivity index is 1.19. The van der Waals surface area contributed by atoms with E-state index in [0.717, 1.165) is 57.9 Å². The molecule has 2 saturated heterocycles. The Morgan fingerprint density at radius 2 is 1.66 bits per heavy atom. The van der Waals surface area contributed by atoms with Gasteiger partial charge in [-0.05, 0) is 24.1 Å². The molecular weight excluding hydrogens is 364 g/mol. The first-order chi connectivity index (χ1) is 14.2. The van der Waals surface area contributed by atoms with Gasteiger partial charge in [0.25, 0.3) is 0 Å². The zero-order valence-electron chi connectivity index (χ0n) is 16.8. The van der Waals surface area contributed by atoms with Gasteiger partial charge in [-0.1, -0.05) is 42.5 Å². The standard InChI is InChI=1S/C23H30N4O2/c28-22-9-5-4-8-21(22)27-14-12-25(13-15-27)18-23(29)24-20-10-11-26(17-20)16-19-6-2-1-3-7-19/h1-9,20,28H,10-18H2,(H,24,29). The van der Waals surface area contributed by atoms with E-state index >= 15 is 0 Å². The van der Waals surface area contributed by atoms with Crippen LogP contribution in [-0.4, -0.2) is 72.7 Å². The van der Waals surface area contributed by atoms with E-state index in [-0.39, 0.29) is 11.9 Å². The van der Waals surface area contributed by atoms with E-state index in [9.17, 15) is 9.90 Å². The summed E-state index contributed by atoms with van der Waals surface area (Å²) < 4.78 is 0. The van der Waals surface area contributed by atoms with Crippen molar-refractivity contribution in [2.24, 2.45) is 0 Å². The first-order valence-electron chi connectivity index (χ1n) is 10.5. The number of nitrogens with one attached hydrogen (secondary N) is 1. The number of phenolic OH excluding ortho intramolecular Hbond substituents is 1. The molecule has 6 nitrogen and oxygen atoms in total. The summed E-state index contributed by atoms with van der Waals surface area (Å²) in [5.74, 6) is 0.438. The van der Waals surface area contributed by atoms with Gasteiger partial charge in [0.2, 0.25) is 5.91 Å². The van der Waals surface area contributed by atoms with Crippen LogP contribution in [0.4, 0.5) is 5.69 Å². The zero-order valence-corrected chi connectivity index (χ0v) is 16.8. The molecule has 2 aliphatic rings. The molecule has 0 spiro atoms. The second-order valence-corrected chi connectivity index (χ2v) is 8.03. The molecule has 1 amide bonds. The predicted octanol–water partition coefficient (Wildman–Crippen LogP) is 1.90. The van der Waals surface area contributed by atoms with Crippen LogP contribution in [0, 0.1) is 0 Å². The number of amides is 1. The number of likely N-dealkylation sites (tertiary alicyclic amines) is 1. The minimum Gasteiger partial charge on any atom is -0.506 e. The summed E-state index contributed by atoms with van der Waals surface area (Å²) in [4.78, 5) is 19.3. The first kappa shape index (κ1) is 19.7. The number of carbonyl (C=O) groups excluding carboxylic acids is 1. The fourth-order valence-electron chi connectivity index (χ4n) is 4.29. The van der Waals surface area contributed by atoms with Crippen molar-refractivity contribution in [3.05, 3.63) is 60.2 Å². The fourth-order valence-corrected chi connectivity index (χ4v) is 4.29. The molecule has 0 bridgehead atoms. The SMILES string of the molecule is O=C(CN1CCN(c2ccccc2O)CC1)NC1CCN(Cc2ccccc2)C1. The number of benzene rings is 2. The van der Waals surface area contributed by atoms with Crippen LogP contribution in [0.3, 0.4) is 0 Å². The molecular formula is C23H30N4O2. The normalized spacial score (nSPS) is 20.7. The van der Waals surface area contributed by atoms with E-state index in [1.807, 2.05) is 24.3 Å². The zero-order chi connectivity index (χ0) is 20.1. The van der Waals surface area contributed by atoms with Gasteiger partial charge in [0.1, 0.15) is 5.75 Å². The van der Waals surface area contributed by atoms with Gasteiger partial charge >= 0.3 is 0 Å². The van der Waals surface area contributed by atoms with Crippen LogP contribution in [0.5, 0.6) is 5.75 Å². The van der Waals surface area contributed by atoms with Crippen LogP contribution in [-0.2, 0) is 11.3 Å². The van der Waals surface area contributed by atoms with Crippen LogP contribution in [0.25, 0.3) is 0 Å². The fraction of sp³-hybridized carbons (Fsp3) is 0.435. The van der Waals surface area contributed by atoms with Gasteiger partial charge in [-0.25, -0.2) is 0 Å². The molecule has 2 fully saturated rings. The van der Waals surface area contributed by atoms with Gasteiger partial charge in [-0.15, -0.1) is 0 Å². The summed E-state index contributed by atoms with van der Waals surface area (Å²) in [6.07, 6.45) is 1.01. The third kappa shape index (κ3) is 5.28. The lowest BCUT2D eigenvalue weighted by Gasteiger charge is -2.36. The average Bonchev–Trinajstić information content (AvgIpc) is 3.16. The van der Waals surface area contributed by atoms with Crippen molar-refractivity contribution in [2.45, 2.75) is 19.0 Å². The highest BCUT2D eigenvalue weighted by Crippen LogP contribution is 2.27. The van der Waals surface area contributed by atoms with Crippen molar-refractivity contribution < 1.29 is 9.90 Å².